The van der Waals surface area contributed by atoms with E-state index in [0.29, 0.717) is 19.1 Å². The monoisotopic (exact) mass is 428 g/mol. The van der Waals surface area contributed by atoms with Gasteiger partial charge in [-0.1, -0.05) is 12.8 Å². The third kappa shape index (κ3) is 4.17. The van der Waals surface area contributed by atoms with Crippen LogP contribution in [0.15, 0.2) is 0 Å². The van der Waals surface area contributed by atoms with Gasteiger partial charge in [0.2, 0.25) is 6.36 Å². The van der Waals surface area contributed by atoms with E-state index in [4.69, 9.17) is 14.2 Å². The van der Waals surface area contributed by atoms with Crippen LogP contribution in [0.4, 0.5) is 8.87 Å². The summed E-state index contributed by atoms with van der Waals surface area (Å²) in [6.45, 7) is 2.74. The summed E-state index contributed by atoms with van der Waals surface area (Å²) in [6.07, 6.45) is 10.5. The van der Waals surface area contributed by atoms with Gasteiger partial charge in [0.05, 0.1) is 43.5 Å². The Morgan fingerprint density at radius 3 is 2.53 bits per heavy atom. The van der Waals surface area contributed by atoms with Gasteiger partial charge in [0.15, 0.2) is 0 Å². The lowest BCUT2D eigenvalue weighted by Crippen LogP contribution is -2.63. The zero-order valence-corrected chi connectivity index (χ0v) is 18.2. The number of hydrogen-bond acceptors (Lipinski definition) is 5. The van der Waals surface area contributed by atoms with E-state index in [9.17, 15) is 4.39 Å². The summed E-state index contributed by atoms with van der Waals surface area (Å²) in [7, 11) is 0. The first-order chi connectivity index (χ1) is 14.7. The molecule has 5 atom stereocenters. The molecule has 2 aliphatic carbocycles. The van der Waals surface area contributed by atoms with Crippen LogP contribution >= 0.6 is 0 Å². The van der Waals surface area contributed by atoms with E-state index in [1.165, 1.54) is 38.5 Å². The molecule has 0 aromatic rings. The topological polar surface area (TPSA) is 34.2 Å². The summed E-state index contributed by atoms with van der Waals surface area (Å²) < 4.78 is 46.8. The van der Waals surface area contributed by atoms with Crippen LogP contribution in [0, 0.1) is 11.8 Å². The second-order valence-electron chi connectivity index (χ2n) is 10.3. The number of morpholine rings is 1. The van der Waals surface area contributed by atoms with Crippen molar-refractivity contribution in [2.75, 3.05) is 39.5 Å². The Labute approximate surface area is 179 Å². The molecule has 1 spiro atoms. The minimum atomic E-state index is -1.54. The van der Waals surface area contributed by atoms with Gasteiger partial charge in [0, 0.05) is 19.7 Å². The lowest BCUT2D eigenvalue weighted by Gasteiger charge is -2.45. The van der Waals surface area contributed by atoms with Gasteiger partial charge in [-0.25, -0.2) is 4.39 Å². The van der Waals surface area contributed by atoms with Gasteiger partial charge in [-0.3, -0.25) is 4.90 Å². The smallest absolute Gasteiger partial charge is 0.214 e. The van der Waals surface area contributed by atoms with E-state index in [1.807, 2.05) is 0 Å². The van der Waals surface area contributed by atoms with Crippen molar-refractivity contribution >= 4 is 0 Å². The standard InChI is InChI=1S/C23H38F2N2O3/c24-22-14-27(25)23(16-30-22)10-12-26-11-3-13-28-20-5-2-1-4-19(20)17-6-8-18(9-7-17)29-15-21(23)26/h17-22H,1-16H2/t17?,18?,19?,20?,21?,22?,23-/m1/s1. The van der Waals surface area contributed by atoms with Crippen molar-refractivity contribution in [2.45, 2.75) is 94.4 Å². The van der Waals surface area contributed by atoms with Gasteiger partial charge in [0.1, 0.15) is 0 Å². The Morgan fingerprint density at radius 2 is 1.70 bits per heavy atom. The van der Waals surface area contributed by atoms with E-state index in [2.05, 4.69) is 4.90 Å². The number of fused-ring (bicyclic) bond motifs is 6. The number of ether oxygens (including phenoxy) is 3. The van der Waals surface area contributed by atoms with E-state index >= 15 is 4.48 Å². The lowest BCUT2D eigenvalue weighted by molar-refractivity contribution is -0.235. The van der Waals surface area contributed by atoms with Crippen LogP contribution < -0.4 is 0 Å². The molecule has 0 aromatic carbocycles. The maximum Gasteiger partial charge on any atom is 0.214 e. The summed E-state index contributed by atoms with van der Waals surface area (Å²) in [5.74, 6) is 1.49. The third-order valence-corrected chi connectivity index (χ3v) is 8.68. The van der Waals surface area contributed by atoms with E-state index in [-0.39, 0.29) is 25.3 Å². The van der Waals surface area contributed by atoms with Gasteiger partial charge >= 0.3 is 0 Å². The molecular formula is C23H38F2N2O3. The first-order valence-corrected chi connectivity index (χ1v) is 12.3. The Balaban J connectivity index is 1.31. The van der Waals surface area contributed by atoms with Crippen molar-refractivity contribution in [1.29, 1.82) is 0 Å². The average Bonchev–Trinajstić information content (AvgIpc) is 3.11. The normalized spacial score (nSPS) is 47.0. The molecule has 6 fully saturated rings. The number of halogens is 2. The molecule has 5 nitrogen and oxygen atoms in total. The van der Waals surface area contributed by atoms with Crippen molar-refractivity contribution in [2.24, 2.45) is 11.8 Å². The van der Waals surface area contributed by atoms with Gasteiger partial charge in [-0.05, 0) is 63.2 Å². The van der Waals surface area contributed by atoms with Crippen LogP contribution in [-0.2, 0) is 14.2 Å². The number of hydrogen-bond donors (Lipinski definition) is 0. The molecule has 0 N–H and O–H groups in total. The molecule has 0 radical (unpaired) electrons. The molecule has 172 valence electrons. The summed E-state index contributed by atoms with van der Waals surface area (Å²) in [5, 5.41) is 0.721. The Bertz CT molecular complexity index is 577. The van der Waals surface area contributed by atoms with Gasteiger partial charge in [-0.15, -0.1) is 9.60 Å². The first-order valence-electron chi connectivity index (χ1n) is 12.3. The Hall–Kier alpha value is -0.340. The minimum absolute atomic E-state index is 0.0990. The van der Waals surface area contributed by atoms with E-state index in [1.54, 1.807) is 0 Å². The van der Waals surface area contributed by atoms with E-state index < -0.39 is 11.9 Å². The molecule has 7 heteroatoms. The van der Waals surface area contributed by atoms with Crippen LogP contribution in [0.3, 0.4) is 0 Å². The maximum atomic E-state index is 15.0. The van der Waals surface area contributed by atoms with Crippen molar-refractivity contribution in [3.05, 3.63) is 0 Å². The Morgan fingerprint density at radius 1 is 0.867 bits per heavy atom. The van der Waals surface area contributed by atoms with Gasteiger partial charge in [0.25, 0.3) is 0 Å². The van der Waals surface area contributed by atoms with Crippen LogP contribution in [0.2, 0.25) is 0 Å². The van der Waals surface area contributed by atoms with Crippen molar-refractivity contribution in [1.82, 2.24) is 10.0 Å². The maximum absolute atomic E-state index is 15.0. The molecule has 4 unspecified atom stereocenters. The minimum Gasteiger partial charge on any atom is -0.378 e. The fraction of sp³-hybridized carbons (Fsp3) is 1.00. The summed E-state index contributed by atoms with van der Waals surface area (Å²) in [6, 6.07) is -0.0990. The fourth-order valence-corrected chi connectivity index (χ4v) is 6.93. The number of nitrogens with zero attached hydrogens (tertiary/aromatic N) is 2. The Kier molecular flexibility index (Phi) is 6.64. The zero-order valence-electron chi connectivity index (χ0n) is 18.2. The molecule has 0 amide bonds. The predicted octanol–water partition coefficient (Wildman–Crippen LogP) is 3.87. The highest BCUT2D eigenvalue weighted by molar-refractivity contribution is 5.07. The quantitative estimate of drug-likeness (QED) is 0.547. The highest BCUT2D eigenvalue weighted by atomic mass is 19.2. The molecule has 4 saturated heterocycles. The third-order valence-electron chi connectivity index (χ3n) is 8.68. The largest absolute Gasteiger partial charge is 0.378 e. The van der Waals surface area contributed by atoms with Crippen LogP contribution in [0.1, 0.15) is 64.2 Å². The second-order valence-corrected chi connectivity index (χ2v) is 10.3. The lowest BCUT2D eigenvalue weighted by atomic mass is 9.71. The average molecular weight is 429 g/mol. The van der Waals surface area contributed by atoms with Crippen molar-refractivity contribution in [3.63, 3.8) is 0 Å². The van der Waals surface area contributed by atoms with Crippen LogP contribution in [0.25, 0.3) is 0 Å². The summed E-state index contributed by atoms with van der Waals surface area (Å²) >= 11 is 0. The first kappa shape index (κ1) is 21.5. The fourth-order valence-electron chi connectivity index (χ4n) is 6.93. The molecule has 0 aromatic heterocycles. The summed E-state index contributed by atoms with van der Waals surface area (Å²) in [5.41, 5.74) is -0.786. The van der Waals surface area contributed by atoms with E-state index in [0.717, 1.165) is 55.9 Å². The molecular weight excluding hydrogens is 390 g/mol. The zero-order chi connectivity index (χ0) is 20.6. The number of rotatable bonds is 0. The van der Waals surface area contributed by atoms with Gasteiger partial charge < -0.3 is 14.2 Å². The molecule has 2 saturated carbocycles. The molecule has 4 heterocycles. The van der Waals surface area contributed by atoms with Crippen LogP contribution in [-0.4, -0.2) is 79.6 Å². The predicted molar refractivity (Wildman–Crippen MR) is 109 cm³/mol. The number of alkyl halides is 1. The SMILES string of the molecule is FC1CN(F)[C@]2(CCN3CCCOC4CCCCC4C4CCC(CC4)OCC32)CO1. The molecule has 6 aliphatic rings. The van der Waals surface area contributed by atoms with Crippen molar-refractivity contribution in [3.8, 4) is 0 Å². The molecule has 30 heavy (non-hydrogen) atoms. The highest BCUT2D eigenvalue weighted by Gasteiger charge is 2.55. The second kappa shape index (κ2) is 9.26. The highest BCUT2D eigenvalue weighted by Crippen LogP contribution is 2.42. The molecule has 4 aliphatic heterocycles. The summed E-state index contributed by atoms with van der Waals surface area (Å²) in [4.78, 5) is 2.34. The van der Waals surface area contributed by atoms with Crippen LogP contribution in [0.5, 0.6) is 0 Å². The van der Waals surface area contributed by atoms with Crippen molar-refractivity contribution < 1.29 is 23.1 Å². The molecule has 2 bridgehead atoms. The molecule has 6 rings (SSSR count). The van der Waals surface area contributed by atoms with Gasteiger partial charge in [-0.2, -0.15) is 0 Å².